The van der Waals surface area contributed by atoms with Crippen molar-refractivity contribution in [1.29, 1.82) is 0 Å². The van der Waals surface area contributed by atoms with Crippen molar-refractivity contribution in [2.24, 2.45) is 0 Å². The molecule has 1 heteroatoms. The largest absolute Gasteiger partial charge is 0.310 e. The Morgan fingerprint density at radius 1 is 0.302 bits per heavy atom. The molecule has 1 aliphatic rings. The van der Waals surface area contributed by atoms with Crippen molar-refractivity contribution in [3.63, 3.8) is 0 Å². The second-order valence-corrected chi connectivity index (χ2v) is 14.2. The van der Waals surface area contributed by atoms with Crippen molar-refractivity contribution in [2.45, 2.75) is 13.8 Å². The van der Waals surface area contributed by atoms with E-state index in [0.29, 0.717) is 0 Å². The zero-order chi connectivity index (χ0) is 35.5. The van der Waals surface area contributed by atoms with Gasteiger partial charge in [-0.15, -0.1) is 0 Å². The topological polar surface area (TPSA) is 3.24 Å². The minimum absolute atomic E-state index is 1.13. The molecule has 9 aromatic rings. The molecule has 0 heterocycles. The van der Waals surface area contributed by atoms with Crippen LogP contribution in [0.25, 0.3) is 77.2 Å². The van der Waals surface area contributed by atoms with E-state index < -0.39 is 0 Å². The summed E-state index contributed by atoms with van der Waals surface area (Å²) in [4.78, 5) is 2.36. The van der Waals surface area contributed by atoms with Crippen molar-refractivity contribution in [3.05, 3.63) is 199 Å². The summed E-state index contributed by atoms with van der Waals surface area (Å²) in [5.41, 5.74) is 18.7. The highest BCUT2D eigenvalue weighted by molar-refractivity contribution is 6.28. The monoisotopic (exact) mass is 675 g/mol. The van der Waals surface area contributed by atoms with E-state index in [9.17, 15) is 0 Å². The predicted octanol–water partition coefficient (Wildman–Crippen LogP) is 14.7. The van der Waals surface area contributed by atoms with Gasteiger partial charge in [-0.3, -0.25) is 0 Å². The second kappa shape index (κ2) is 12.5. The van der Waals surface area contributed by atoms with E-state index in [2.05, 4.69) is 207 Å². The molecule has 0 atom stereocenters. The van der Waals surface area contributed by atoms with Gasteiger partial charge >= 0.3 is 0 Å². The maximum Gasteiger partial charge on any atom is 0.0467 e. The molecule has 0 amide bonds. The molecule has 1 aliphatic carbocycles. The third kappa shape index (κ3) is 5.08. The van der Waals surface area contributed by atoms with Crippen LogP contribution in [0.1, 0.15) is 11.1 Å². The van der Waals surface area contributed by atoms with Gasteiger partial charge in [-0.05, 0) is 127 Å². The molecule has 250 valence electrons. The average molecular weight is 676 g/mol. The first-order valence-electron chi connectivity index (χ1n) is 18.4. The highest BCUT2D eigenvalue weighted by atomic mass is 15.1. The number of hydrogen-bond acceptors (Lipinski definition) is 1. The standard InChI is InChI=1S/C52H37N/c1-34-23-27-39(28-24-34)53(40-29-25-35(2)26-30-40)41-18-11-17-38(33-41)42-31-32-47-50-43(42)21-12-22-46(50)51-48(36-13-5-3-6-14-36)44-19-9-10-20-45(44)49(52(47)51)37-15-7-4-8-16-37/h3-33H,1-2H3. The summed E-state index contributed by atoms with van der Waals surface area (Å²) in [5, 5.41) is 5.15. The van der Waals surface area contributed by atoms with Gasteiger partial charge in [0.05, 0.1) is 0 Å². The zero-order valence-electron chi connectivity index (χ0n) is 29.8. The Bertz CT molecular complexity index is 2680. The van der Waals surface area contributed by atoms with Crippen LogP contribution in [0.3, 0.4) is 0 Å². The fourth-order valence-corrected chi connectivity index (χ4v) is 8.51. The van der Waals surface area contributed by atoms with Gasteiger partial charge in [0.2, 0.25) is 0 Å². The number of aryl methyl sites for hydroxylation is 2. The van der Waals surface area contributed by atoms with Crippen LogP contribution in [-0.2, 0) is 0 Å². The van der Waals surface area contributed by atoms with Gasteiger partial charge in [0, 0.05) is 17.1 Å². The van der Waals surface area contributed by atoms with Gasteiger partial charge in [0.1, 0.15) is 0 Å². The lowest BCUT2D eigenvalue weighted by Crippen LogP contribution is -2.10. The molecule has 10 rings (SSSR count). The molecule has 0 spiro atoms. The van der Waals surface area contributed by atoms with E-state index in [1.165, 1.54) is 88.3 Å². The van der Waals surface area contributed by atoms with E-state index >= 15 is 0 Å². The van der Waals surface area contributed by atoms with Crippen LogP contribution >= 0.6 is 0 Å². The fraction of sp³-hybridized carbons (Fsp3) is 0.0385. The Morgan fingerprint density at radius 2 is 0.755 bits per heavy atom. The summed E-state index contributed by atoms with van der Waals surface area (Å²) in [5.74, 6) is 0. The SMILES string of the molecule is Cc1ccc(N(c2ccc(C)cc2)c2cccc(-c3ccc4c5c(cccc35)-c3c-4c(-c4ccccc4)c4ccccc4c3-c3ccccc3)c2)cc1. The van der Waals surface area contributed by atoms with Gasteiger partial charge in [-0.2, -0.15) is 0 Å². The molecule has 9 aromatic carbocycles. The number of hydrogen-bond donors (Lipinski definition) is 0. The number of nitrogens with zero attached hydrogens (tertiary/aromatic N) is 1. The quantitative estimate of drug-likeness (QED) is 0.170. The summed E-state index contributed by atoms with van der Waals surface area (Å²) in [6.07, 6.45) is 0. The number of benzene rings is 9. The lowest BCUT2D eigenvalue weighted by Gasteiger charge is -2.26. The maximum atomic E-state index is 2.38. The first-order valence-corrected chi connectivity index (χ1v) is 18.4. The Balaban J connectivity index is 1.22. The van der Waals surface area contributed by atoms with Crippen LogP contribution in [0.15, 0.2) is 188 Å². The van der Waals surface area contributed by atoms with E-state index in [0.717, 1.165) is 17.1 Å². The summed E-state index contributed by atoms with van der Waals surface area (Å²) in [6.45, 7) is 4.28. The fourth-order valence-electron chi connectivity index (χ4n) is 8.51. The minimum atomic E-state index is 1.13. The van der Waals surface area contributed by atoms with E-state index in [1.54, 1.807) is 0 Å². The molecule has 0 radical (unpaired) electrons. The number of rotatable bonds is 6. The summed E-state index contributed by atoms with van der Waals surface area (Å²) < 4.78 is 0. The van der Waals surface area contributed by atoms with E-state index in [1.807, 2.05) is 0 Å². The Morgan fingerprint density at radius 3 is 1.32 bits per heavy atom. The molecule has 0 saturated carbocycles. The number of anilines is 3. The Kier molecular flexibility index (Phi) is 7.33. The van der Waals surface area contributed by atoms with Gasteiger partial charge in [-0.1, -0.05) is 163 Å². The van der Waals surface area contributed by atoms with E-state index in [4.69, 9.17) is 0 Å². The third-order valence-corrected chi connectivity index (χ3v) is 10.9. The molecule has 0 aliphatic heterocycles. The second-order valence-electron chi connectivity index (χ2n) is 14.2. The van der Waals surface area contributed by atoms with Crippen LogP contribution in [0.4, 0.5) is 17.1 Å². The molecular formula is C52H37N. The lowest BCUT2D eigenvalue weighted by molar-refractivity contribution is 1.27. The van der Waals surface area contributed by atoms with Crippen LogP contribution in [-0.4, -0.2) is 0 Å². The van der Waals surface area contributed by atoms with Crippen molar-refractivity contribution in [3.8, 4) is 55.6 Å². The summed E-state index contributed by atoms with van der Waals surface area (Å²) >= 11 is 0. The van der Waals surface area contributed by atoms with E-state index in [-0.39, 0.29) is 0 Å². The lowest BCUT2D eigenvalue weighted by atomic mass is 9.82. The zero-order valence-corrected chi connectivity index (χ0v) is 29.8. The number of fused-ring (bicyclic) bond motifs is 4. The Hall–Kier alpha value is -6.70. The summed E-state index contributed by atoms with van der Waals surface area (Å²) in [6, 6.07) is 69.2. The highest BCUT2D eigenvalue weighted by Crippen LogP contribution is 2.58. The van der Waals surface area contributed by atoms with Gasteiger partial charge in [0.25, 0.3) is 0 Å². The third-order valence-electron chi connectivity index (χ3n) is 10.9. The van der Waals surface area contributed by atoms with Gasteiger partial charge in [-0.25, -0.2) is 0 Å². The van der Waals surface area contributed by atoms with Crippen LogP contribution in [0, 0.1) is 13.8 Å². The minimum Gasteiger partial charge on any atom is -0.310 e. The highest BCUT2D eigenvalue weighted by Gasteiger charge is 2.31. The van der Waals surface area contributed by atoms with Crippen molar-refractivity contribution < 1.29 is 0 Å². The predicted molar refractivity (Wildman–Crippen MR) is 226 cm³/mol. The maximum absolute atomic E-state index is 2.38. The Labute approximate surface area is 311 Å². The first-order chi connectivity index (χ1) is 26.1. The molecule has 0 unspecified atom stereocenters. The summed E-state index contributed by atoms with van der Waals surface area (Å²) in [7, 11) is 0. The average Bonchev–Trinajstić information content (AvgIpc) is 3.54. The van der Waals surface area contributed by atoms with Crippen molar-refractivity contribution >= 4 is 38.6 Å². The molecule has 0 bridgehead atoms. The molecule has 0 aromatic heterocycles. The smallest absolute Gasteiger partial charge is 0.0467 e. The van der Waals surface area contributed by atoms with Crippen LogP contribution in [0.2, 0.25) is 0 Å². The molecule has 53 heavy (non-hydrogen) atoms. The first kappa shape index (κ1) is 31.1. The van der Waals surface area contributed by atoms with Crippen molar-refractivity contribution in [1.82, 2.24) is 0 Å². The molecular weight excluding hydrogens is 639 g/mol. The van der Waals surface area contributed by atoms with Crippen LogP contribution < -0.4 is 4.90 Å². The normalized spacial score (nSPS) is 11.6. The van der Waals surface area contributed by atoms with Crippen molar-refractivity contribution in [2.75, 3.05) is 4.90 Å². The molecule has 1 nitrogen and oxygen atoms in total. The van der Waals surface area contributed by atoms with Gasteiger partial charge in [0.15, 0.2) is 0 Å². The van der Waals surface area contributed by atoms with Crippen LogP contribution in [0.5, 0.6) is 0 Å². The molecule has 0 fully saturated rings. The van der Waals surface area contributed by atoms with Gasteiger partial charge < -0.3 is 4.90 Å². The molecule has 0 saturated heterocycles. The molecule has 0 N–H and O–H groups in total.